The summed E-state index contributed by atoms with van der Waals surface area (Å²) < 4.78 is 12.4. The molecule has 6 nitrogen and oxygen atoms in total. The highest BCUT2D eigenvalue weighted by molar-refractivity contribution is 7.16. The molecule has 1 heterocycles. The largest absolute Gasteiger partial charge is 0.484 e. The molecule has 0 atom stereocenters. The molecule has 146 valence electrons. The van der Waals surface area contributed by atoms with Gasteiger partial charge < -0.3 is 14.0 Å². The number of halogens is 3. The maximum absolute atomic E-state index is 12.3. The Morgan fingerprint density at radius 1 is 1.11 bits per heavy atom. The van der Waals surface area contributed by atoms with E-state index in [-0.39, 0.29) is 23.0 Å². The first kappa shape index (κ1) is 20.7. The summed E-state index contributed by atoms with van der Waals surface area (Å²) in [4.78, 5) is 28.5. The van der Waals surface area contributed by atoms with Gasteiger partial charge in [-0.05, 0) is 36.4 Å². The second kappa shape index (κ2) is 8.96. The van der Waals surface area contributed by atoms with Crippen molar-refractivity contribution in [2.75, 3.05) is 13.7 Å². The number of benzene rings is 2. The van der Waals surface area contributed by atoms with Gasteiger partial charge in [0.1, 0.15) is 12.3 Å². The lowest BCUT2D eigenvalue weighted by atomic mass is 10.3. The number of carbonyl (C=O) groups excluding carboxylic acids is 2. The maximum atomic E-state index is 12.3. The van der Waals surface area contributed by atoms with E-state index in [0.29, 0.717) is 21.3 Å². The molecule has 3 rings (SSSR count). The lowest BCUT2D eigenvalue weighted by Crippen LogP contribution is -2.23. The van der Waals surface area contributed by atoms with Gasteiger partial charge in [-0.1, -0.05) is 46.1 Å². The first-order valence-corrected chi connectivity index (χ1v) is 9.84. The Kier molecular flexibility index (Phi) is 6.61. The normalized spacial score (nSPS) is 11.6. The minimum absolute atomic E-state index is 0.166. The predicted octanol–water partition coefficient (Wildman–Crippen LogP) is 4.34. The van der Waals surface area contributed by atoms with Crippen LogP contribution in [0.2, 0.25) is 15.1 Å². The fourth-order valence-electron chi connectivity index (χ4n) is 2.34. The number of methoxy groups -OCH3 is 1. The van der Waals surface area contributed by atoms with E-state index in [0.717, 1.165) is 4.70 Å². The lowest BCUT2D eigenvalue weighted by Gasteiger charge is -2.06. The number of thiazole rings is 1. The molecular weight excluding hydrogens is 447 g/mol. The summed E-state index contributed by atoms with van der Waals surface area (Å²) >= 11 is 19.4. The van der Waals surface area contributed by atoms with Crippen LogP contribution in [0.4, 0.5) is 0 Å². The number of nitrogens with zero attached hydrogens (tertiary/aromatic N) is 2. The van der Waals surface area contributed by atoms with Crippen LogP contribution >= 0.6 is 46.1 Å². The van der Waals surface area contributed by atoms with Crippen LogP contribution in [-0.4, -0.2) is 30.2 Å². The van der Waals surface area contributed by atoms with Crippen molar-refractivity contribution in [3.05, 3.63) is 56.3 Å². The molecule has 0 aliphatic rings. The van der Waals surface area contributed by atoms with Crippen molar-refractivity contribution in [3.8, 4) is 5.75 Å². The highest BCUT2D eigenvalue weighted by atomic mass is 35.5. The molecule has 0 spiro atoms. The van der Waals surface area contributed by atoms with Crippen molar-refractivity contribution in [1.29, 1.82) is 0 Å². The Balaban J connectivity index is 1.94. The van der Waals surface area contributed by atoms with Crippen LogP contribution in [0, 0.1) is 0 Å². The summed E-state index contributed by atoms with van der Waals surface area (Å²) in [6.07, 6.45) is 0. The smallest absolute Gasteiger partial charge is 0.325 e. The third kappa shape index (κ3) is 4.67. The number of ether oxygens (including phenoxy) is 2. The summed E-state index contributed by atoms with van der Waals surface area (Å²) in [5, 5.41) is 1.16. The molecule has 0 radical (unpaired) electrons. The van der Waals surface area contributed by atoms with Gasteiger partial charge in [-0.2, -0.15) is 4.99 Å². The molecule has 3 aromatic rings. The average molecular weight is 460 g/mol. The van der Waals surface area contributed by atoms with Crippen LogP contribution < -0.4 is 9.54 Å². The Labute approximate surface area is 178 Å². The zero-order valence-electron chi connectivity index (χ0n) is 14.4. The minimum atomic E-state index is -0.526. The summed E-state index contributed by atoms with van der Waals surface area (Å²) in [5.41, 5.74) is 0.509. The Morgan fingerprint density at radius 2 is 1.82 bits per heavy atom. The van der Waals surface area contributed by atoms with Crippen LogP contribution in [0.1, 0.15) is 0 Å². The molecule has 0 aliphatic carbocycles. The number of esters is 1. The molecule has 0 N–H and O–H groups in total. The SMILES string of the molecule is COC(=O)Cn1c(=NC(=O)COc2ccc(Cl)cc2)sc2ccc(Cl)c(Cl)c21. The molecule has 0 aliphatic heterocycles. The average Bonchev–Trinajstić information content (AvgIpc) is 3.01. The molecule has 0 fully saturated rings. The first-order valence-electron chi connectivity index (χ1n) is 7.89. The van der Waals surface area contributed by atoms with Gasteiger partial charge in [0, 0.05) is 5.02 Å². The number of carbonyl (C=O) groups is 2. The monoisotopic (exact) mass is 458 g/mol. The molecule has 28 heavy (non-hydrogen) atoms. The van der Waals surface area contributed by atoms with E-state index in [2.05, 4.69) is 4.99 Å². The fraction of sp³-hybridized carbons (Fsp3) is 0.167. The number of hydrogen-bond donors (Lipinski definition) is 0. The molecule has 1 amide bonds. The number of hydrogen-bond acceptors (Lipinski definition) is 5. The quantitative estimate of drug-likeness (QED) is 0.532. The van der Waals surface area contributed by atoms with Gasteiger partial charge in [0.15, 0.2) is 11.4 Å². The minimum Gasteiger partial charge on any atom is -0.484 e. The molecular formula is C18H13Cl3N2O4S. The molecule has 0 bridgehead atoms. The second-order valence-electron chi connectivity index (χ2n) is 5.50. The van der Waals surface area contributed by atoms with Crippen LogP contribution in [0.15, 0.2) is 41.4 Å². The molecule has 2 aromatic carbocycles. The molecule has 0 saturated carbocycles. The molecule has 0 saturated heterocycles. The zero-order chi connectivity index (χ0) is 20.3. The van der Waals surface area contributed by atoms with Crippen molar-refractivity contribution in [2.45, 2.75) is 6.54 Å². The van der Waals surface area contributed by atoms with Crippen molar-refractivity contribution >= 4 is 68.2 Å². The van der Waals surface area contributed by atoms with E-state index < -0.39 is 11.9 Å². The van der Waals surface area contributed by atoms with Gasteiger partial charge in [-0.3, -0.25) is 9.59 Å². The van der Waals surface area contributed by atoms with Gasteiger partial charge in [0.2, 0.25) is 0 Å². The number of aromatic nitrogens is 1. The first-order chi connectivity index (χ1) is 13.4. The van der Waals surface area contributed by atoms with Gasteiger partial charge in [-0.25, -0.2) is 0 Å². The molecule has 1 aromatic heterocycles. The van der Waals surface area contributed by atoms with Crippen molar-refractivity contribution in [3.63, 3.8) is 0 Å². The lowest BCUT2D eigenvalue weighted by molar-refractivity contribution is -0.141. The zero-order valence-corrected chi connectivity index (χ0v) is 17.5. The third-order valence-corrected chi connectivity index (χ3v) is 5.74. The van der Waals surface area contributed by atoms with Gasteiger partial charge in [-0.15, -0.1) is 0 Å². The summed E-state index contributed by atoms with van der Waals surface area (Å²) in [6, 6.07) is 9.99. The van der Waals surface area contributed by atoms with Crippen molar-refractivity contribution < 1.29 is 19.1 Å². The Hall–Kier alpha value is -2.06. The highest BCUT2D eigenvalue weighted by Crippen LogP contribution is 2.32. The van der Waals surface area contributed by atoms with Crippen LogP contribution in [0.5, 0.6) is 5.75 Å². The molecule has 0 unspecified atom stereocenters. The predicted molar refractivity (Wildman–Crippen MR) is 109 cm³/mol. The van der Waals surface area contributed by atoms with E-state index in [1.54, 1.807) is 36.4 Å². The van der Waals surface area contributed by atoms with Crippen molar-refractivity contribution in [2.24, 2.45) is 4.99 Å². The number of fused-ring (bicyclic) bond motifs is 1. The maximum Gasteiger partial charge on any atom is 0.325 e. The van der Waals surface area contributed by atoms with Crippen LogP contribution in [-0.2, 0) is 20.9 Å². The van der Waals surface area contributed by atoms with E-state index in [1.165, 1.54) is 23.0 Å². The van der Waals surface area contributed by atoms with Gasteiger partial charge in [0.05, 0.1) is 27.4 Å². The standard InChI is InChI=1S/C18H13Cl3N2O4S/c1-26-15(25)8-23-17-13(7-6-12(20)16(17)21)28-18(23)22-14(24)9-27-11-4-2-10(19)3-5-11/h2-7H,8-9H2,1H3. The van der Waals surface area contributed by atoms with E-state index >= 15 is 0 Å². The van der Waals surface area contributed by atoms with Gasteiger partial charge in [0.25, 0.3) is 5.91 Å². The second-order valence-corrected chi connectivity index (χ2v) is 7.73. The summed E-state index contributed by atoms with van der Waals surface area (Å²) in [6.45, 7) is -0.441. The summed E-state index contributed by atoms with van der Waals surface area (Å²) in [7, 11) is 1.27. The van der Waals surface area contributed by atoms with Crippen LogP contribution in [0.25, 0.3) is 10.2 Å². The Morgan fingerprint density at radius 3 is 2.50 bits per heavy atom. The summed E-state index contributed by atoms with van der Waals surface area (Å²) in [5.74, 6) is -0.550. The molecule has 10 heteroatoms. The van der Waals surface area contributed by atoms with Crippen molar-refractivity contribution in [1.82, 2.24) is 4.57 Å². The van der Waals surface area contributed by atoms with E-state index in [4.69, 9.17) is 44.3 Å². The number of rotatable bonds is 5. The highest BCUT2D eigenvalue weighted by Gasteiger charge is 2.16. The Bertz CT molecular complexity index is 1110. The number of amides is 1. The fourth-order valence-corrected chi connectivity index (χ4v) is 4.00. The third-order valence-electron chi connectivity index (χ3n) is 3.65. The van der Waals surface area contributed by atoms with Crippen LogP contribution in [0.3, 0.4) is 0 Å². The van der Waals surface area contributed by atoms with Gasteiger partial charge >= 0.3 is 5.97 Å². The van der Waals surface area contributed by atoms with E-state index in [9.17, 15) is 9.59 Å². The topological polar surface area (TPSA) is 69.9 Å². The van der Waals surface area contributed by atoms with E-state index in [1.807, 2.05) is 0 Å².